The van der Waals surface area contributed by atoms with Gasteiger partial charge in [-0.1, -0.05) is 119 Å². The number of Topliss-reactive ketones (excluding diaryl/α,β-unsaturated/α-hetero) is 2. The van der Waals surface area contributed by atoms with Gasteiger partial charge in [-0.15, -0.1) is 0 Å². The number of aliphatic hydroxyl groups excluding tert-OH is 2. The van der Waals surface area contributed by atoms with E-state index in [0.29, 0.717) is 64.7 Å². The molecule has 36 heteroatoms. The smallest absolute Gasteiger partial charge is 0.246 e. The lowest BCUT2D eigenvalue weighted by Crippen LogP contribution is -2.64. The van der Waals surface area contributed by atoms with E-state index in [1.807, 2.05) is 26.0 Å². The van der Waals surface area contributed by atoms with Crippen molar-refractivity contribution in [2.24, 2.45) is 29.2 Å². The number of aliphatic hydroxyl groups is 2. The highest BCUT2D eigenvalue weighted by Gasteiger charge is 2.43. The van der Waals surface area contributed by atoms with Crippen LogP contribution < -0.4 is 80.6 Å². The number of nitrogens with two attached hydrogens (primary N) is 2. The first-order chi connectivity index (χ1) is 56.9. The van der Waals surface area contributed by atoms with Gasteiger partial charge in [-0.3, -0.25) is 76.7 Å². The van der Waals surface area contributed by atoms with Gasteiger partial charge in [0, 0.05) is 61.3 Å². The minimum absolute atomic E-state index is 0.0874. The summed E-state index contributed by atoms with van der Waals surface area (Å²) in [5.74, 6) is -16.2. The fourth-order valence-electron chi connectivity index (χ4n) is 13.7. The quantitative estimate of drug-likeness (QED) is 0.0269. The highest BCUT2D eigenvalue weighted by molar-refractivity contribution is 6.41. The Balaban J connectivity index is 1.61. The van der Waals surface area contributed by atoms with E-state index in [-0.39, 0.29) is 88.3 Å². The van der Waals surface area contributed by atoms with E-state index < -0.39 is 197 Å². The van der Waals surface area contributed by atoms with Crippen molar-refractivity contribution in [2.75, 3.05) is 13.2 Å². The number of fused-ring (bicyclic) bond motifs is 1. The van der Waals surface area contributed by atoms with Crippen LogP contribution in [0, 0.1) is 17.8 Å². The van der Waals surface area contributed by atoms with Gasteiger partial charge in [0.05, 0.1) is 30.7 Å². The Bertz CT molecular complexity index is 4310. The molecule has 0 saturated carbocycles. The molecule has 0 radical (unpaired) electrons. The zero-order valence-electron chi connectivity index (χ0n) is 71.0. The number of phenols is 1. The number of hydrogen-bond acceptors (Lipinski definition) is 20. The minimum Gasteiger partial charge on any atom is -0.508 e. The lowest BCUT2D eigenvalue weighted by atomic mass is 9.89. The predicted molar refractivity (Wildman–Crippen MR) is 451 cm³/mol. The van der Waals surface area contributed by atoms with Gasteiger partial charge >= 0.3 is 0 Å². The molecule has 35 nitrogen and oxygen atoms in total. The number of benzene rings is 3. The number of nitrogens with one attached hydrogen (secondary N) is 14. The molecule has 664 valence electrons. The number of amides is 14. The summed E-state index contributed by atoms with van der Waals surface area (Å²) in [6, 6.07) is 2.62. The Morgan fingerprint density at radius 3 is 1.83 bits per heavy atom. The molecule has 4 aromatic rings. The van der Waals surface area contributed by atoms with Crippen LogP contribution in [0.3, 0.4) is 0 Å². The monoisotopic (exact) mass is 1710 g/mol. The van der Waals surface area contributed by atoms with Gasteiger partial charge < -0.3 is 101 Å². The molecule has 0 saturated heterocycles. The SMILES string of the molecule is CC(=O)N[C@@H](CC(C)C)C(=O)N[C@H](C(=O)N[C@@H](Cc1ccccc1)C(=O)N[C@]1(C)CCCCCC/C=C/CCC[C@@](C)(C(=O)NC(CO)C(=O)N[C@@H](C)C(=O)NC(C)C(N)=O)NC(=O)[C@H](CC(C)C)CN[C@@H](CCC(N)=O)C(=O)C(=O)C(C)NC(=O)[C@H](Cc2c[nH]c3cc(Cl)ccc23)NC(=O)[C@H](Cc2ccc(O)cc2)NC(=O)C(C)NC1=O)[C@@H](C)O. The number of phenolic OH excluding ortho intramolecular Hbond substituents is 1. The molecule has 21 N–H and O–H groups in total. The van der Waals surface area contributed by atoms with Gasteiger partial charge in [0.2, 0.25) is 94.3 Å². The van der Waals surface area contributed by atoms with E-state index in [9.17, 15) is 72.9 Å². The third-order valence-electron chi connectivity index (χ3n) is 20.8. The number of aromatic nitrogens is 1. The number of aromatic hydroxyl groups is 1. The van der Waals surface area contributed by atoms with E-state index in [4.69, 9.17) is 23.1 Å². The van der Waals surface area contributed by atoms with Crippen LogP contribution in [0.4, 0.5) is 0 Å². The molecule has 0 aliphatic carbocycles. The van der Waals surface area contributed by atoms with Crippen LogP contribution in [0.15, 0.2) is 91.1 Å². The average Bonchev–Trinajstić information content (AvgIpc) is 1.79. The average molecular weight is 1710 g/mol. The van der Waals surface area contributed by atoms with Gasteiger partial charge in [-0.2, -0.15) is 0 Å². The molecule has 1 aromatic heterocycles. The van der Waals surface area contributed by atoms with Crippen molar-refractivity contribution in [3.63, 3.8) is 0 Å². The fraction of sp³-hybridized carbons (Fsp3) is 0.553. The summed E-state index contributed by atoms with van der Waals surface area (Å²) in [5.41, 5.74) is 9.02. The molecule has 15 atom stereocenters. The van der Waals surface area contributed by atoms with Crippen LogP contribution in [0.2, 0.25) is 5.02 Å². The van der Waals surface area contributed by atoms with E-state index in [0.717, 1.165) is 0 Å². The zero-order valence-corrected chi connectivity index (χ0v) is 71.7. The molecule has 121 heavy (non-hydrogen) atoms. The van der Waals surface area contributed by atoms with Crippen LogP contribution in [0.1, 0.15) is 183 Å². The second-order valence-corrected chi connectivity index (χ2v) is 33.0. The molecule has 0 fully saturated rings. The van der Waals surface area contributed by atoms with E-state index in [1.54, 1.807) is 68.6 Å². The van der Waals surface area contributed by atoms with Gasteiger partial charge in [0.25, 0.3) is 0 Å². The third-order valence-corrected chi connectivity index (χ3v) is 21.0. The number of aromatic amines is 1. The Morgan fingerprint density at radius 2 is 1.21 bits per heavy atom. The van der Waals surface area contributed by atoms with Crippen LogP contribution in [0.25, 0.3) is 10.9 Å². The van der Waals surface area contributed by atoms with Gasteiger partial charge in [0.1, 0.15) is 71.2 Å². The highest BCUT2D eigenvalue weighted by atomic mass is 35.5. The molecule has 0 spiro atoms. The topological polar surface area (TPSA) is 558 Å². The van der Waals surface area contributed by atoms with E-state index in [1.165, 1.54) is 79.7 Å². The largest absolute Gasteiger partial charge is 0.508 e. The normalized spacial score (nSPS) is 22.8. The van der Waals surface area contributed by atoms with E-state index in [2.05, 4.69) is 74.1 Å². The molecule has 2 heterocycles. The van der Waals surface area contributed by atoms with Crippen molar-refractivity contribution < 1.29 is 92.0 Å². The molecule has 3 aromatic carbocycles. The van der Waals surface area contributed by atoms with Crippen LogP contribution in [-0.4, -0.2) is 211 Å². The highest BCUT2D eigenvalue weighted by Crippen LogP contribution is 2.26. The molecule has 1 aliphatic heterocycles. The lowest BCUT2D eigenvalue weighted by molar-refractivity contribution is -0.140. The first-order valence-electron chi connectivity index (χ1n) is 41.0. The standard InChI is InChI=1S/C85H123ClN16O19/c1-46(2)37-57-44-89-61(33-34-68(87)107)71(109)70(108)48(5)91-76(114)66(41-56-43-90-62-42-58(86)29-32-60(56)62)97-77(115)64(40-55-27-30-59(106)31-28-55)96-74(112)51(8)94-82(120)84(11,102-80(118)65(39-54-25-21-20-22-26-54)98-81(119)69(52(9)104)100-78(116)63(38-47(3)4)95-53(10)105)35-23-18-16-14-13-15-17-19-24-36-85(12,101-75(57)113)83(121)99-67(45-103)79(117)93-50(7)73(111)92-49(6)72(88)110/h15,17,20-22,25-32,42-43,46-52,57,61,63-67,69,89-90,103-104,106H,13-14,16,18-19,23-24,33-41,44-45H2,1-12H3,(H2,87,107)(H2,88,110)(H,91,114)(H,92,111)(H,93,117)(H,94,120)(H,95,105)(H,96,112)(H,97,115)(H,98,119)(H,99,121)(H,100,116)(H,101,113)(H,102,118)/b17-15+/t48?,49?,50-,51?,52+,57+,61-,63-,64-,65-,66-,67?,69-,84+,85-/m0/s1. The summed E-state index contributed by atoms with van der Waals surface area (Å²) in [6.07, 6.45) is 5.20. The maximum Gasteiger partial charge on any atom is 0.246 e. The van der Waals surface area contributed by atoms with E-state index >= 15 is 19.2 Å². The Hall–Kier alpha value is -11.2. The van der Waals surface area contributed by atoms with Crippen LogP contribution >= 0.6 is 11.6 Å². The number of carbonyl (C=O) groups excluding carboxylic acids is 16. The van der Waals surface area contributed by atoms with Crippen LogP contribution in [-0.2, 0) is 96.0 Å². The van der Waals surface area contributed by atoms with Gasteiger partial charge in [-0.05, 0) is 159 Å². The molecule has 1 aliphatic rings. The van der Waals surface area contributed by atoms with Crippen LogP contribution in [0.5, 0.6) is 5.75 Å². The predicted octanol–water partition coefficient (Wildman–Crippen LogP) is 1.26. The van der Waals surface area contributed by atoms with Gasteiger partial charge in [0.15, 0.2) is 0 Å². The number of allylic oxidation sites excluding steroid dienone is 2. The second-order valence-electron chi connectivity index (χ2n) is 32.5. The van der Waals surface area contributed by atoms with Crippen molar-refractivity contribution in [1.29, 1.82) is 0 Å². The molecule has 5 rings (SSSR count). The van der Waals surface area contributed by atoms with Crippen molar-refractivity contribution >= 4 is 117 Å². The summed E-state index contributed by atoms with van der Waals surface area (Å²) >= 11 is 6.36. The molecule has 4 unspecified atom stereocenters. The Morgan fingerprint density at radius 1 is 0.595 bits per heavy atom. The summed E-state index contributed by atoms with van der Waals surface area (Å²) < 4.78 is 0. The summed E-state index contributed by atoms with van der Waals surface area (Å²) in [4.78, 5) is 228. The lowest BCUT2D eigenvalue weighted by Gasteiger charge is -2.33. The zero-order chi connectivity index (χ0) is 90.2. The fourth-order valence-corrected chi connectivity index (χ4v) is 13.8. The summed E-state index contributed by atoms with van der Waals surface area (Å²) in [5, 5.41) is 67.1. The Labute approximate surface area is 710 Å². The van der Waals surface area contributed by atoms with Crippen molar-refractivity contribution in [3.05, 3.63) is 113 Å². The minimum atomic E-state index is -1.92. The first-order valence-corrected chi connectivity index (χ1v) is 41.4. The molecular weight excluding hydrogens is 1580 g/mol. The Kier molecular flexibility index (Phi) is 40.1. The number of H-pyrrole nitrogens is 1. The molecular formula is C85H123ClN16O19. The first kappa shape index (κ1) is 100. The number of carbonyl (C=O) groups is 16. The maximum atomic E-state index is 15.2. The molecule has 0 bridgehead atoms. The van der Waals surface area contributed by atoms with Crippen molar-refractivity contribution in [1.82, 2.24) is 74.1 Å². The maximum absolute atomic E-state index is 15.2. The number of halogens is 1. The van der Waals surface area contributed by atoms with Crippen molar-refractivity contribution in [2.45, 2.75) is 269 Å². The third kappa shape index (κ3) is 32.7. The number of hydrogen-bond donors (Lipinski definition) is 19. The summed E-state index contributed by atoms with van der Waals surface area (Å²) in [7, 11) is 0. The number of rotatable bonds is 29. The molecule has 14 amide bonds. The van der Waals surface area contributed by atoms with Crippen molar-refractivity contribution in [3.8, 4) is 5.75 Å². The number of primary amides is 2. The second kappa shape index (κ2) is 48.3. The number of ketones is 2. The van der Waals surface area contributed by atoms with Gasteiger partial charge in [-0.25, -0.2) is 0 Å². The summed E-state index contributed by atoms with van der Waals surface area (Å²) in [6.45, 7) is 16.3.